The molecule has 7 nitrogen and oxygen atoms in total. The van der Waals surface area contributed by atoms with Gasteiger partial charge in [0.05, 0.1) is 0 Å². The van der Waals surface area contributed by atoms with Gasteiger partial charge in [0.1, 0.15) is 0 Å². The number of sulfonamides is 1. The highest BCUT2D eigenvalue weighted by atomic mass is 32.2. The van der Waals surface area contributed by atoms with Crippen molar-refractivity contribution in [1.82, 2.24) is 9.71 Å². The van der Waals surface area contributed by atoms with Crippen molar-refractivity contribution in [3.63, 3.8) is 0 Å². The number of H-pyrrole nitrogens is 1. The number of carbonyl (C=O) groups is 1. The lowest BCUT2D eigenvalue weighted by molar-refractivity contribution is -0.201. The van der Waals surface area contributed by atoms with E-state index in [-0.39, 0.29) is 24.0 Å². The Bertz CT molecular complexity index is 690. The molecule has 1 rings (SSSR count). The summed E-state index contributed by atoms with van der Waals surface area (Å²) in [6, 6.07) is 0. The fourth-order valence-electron chi connectivity index (χ4n) is 1.18. The molecule has 0 aliphatic carbocycles. The predicted octanol–water partition coefficient (Wildman–Crippen LogP) is 0.429. The van der Waals surface area contributed by atoms with E-state index in [9.17, 15) is 31.2 Å². The van der Waals surface area contributed by atoms with Crippen LogP contribution in [-0.4, -0.2) is 36.2 Å². The SMILES string of the molecule is Cc1[nH]c(=O)sc1S(=O)(=O)NC(C)(C(=O)O)C(F)(F)F. The lowest BCUT2D eigenvalue weighted by Crippen LogP contribution is -2.61. The third-order valence-corrected chi connectivity index (χ3v) is 5.52. The van der Waals surface area contributed by atoms with E-state index in [0.29, 0.717) is 0 Å². The van der Waals surface area contributed by atoms with Gasteiger partial charge in [-0.05, 0) is 13.8 Å². The number of hydrogen-bond donors (Lipinski definition) is 3. The van der Waals surface area contributed by atoms with Gasteiger partial charge < -0.3 is 10.1 Å². The van der Waals surface area contributed by atoms with Crippen molar-refractivity contribution >= 4 is 27.3 Å². The van der Waals surface area contributed by atoms with E-state index in [1.54, 1.807) is 0 Å². The maximum absolute atomic E-state index is 12.7. The van der Waals surface area contributed by atoms with Gasteiger partial charge in [-0.2, -0.15) is 17.9 Å². The summed E-state index contributed by atoms with van der Waals surface area (Å²) in [6.45, 7) is 1.34. The van der Waals surface area contributed by atoms with E-state index in [0.717, 1.165) is 11.6 Å². The van der Waals surface area contributed by atoms with E-state index < -0.39 is 36.8 Å². The summed E-state index contributed by atoms with van der Waals surface area (Å²) < 4.78 is 62.2. The average Bonchev–Trinajstić information content (AvgIpc) is 2.55. The zero-order valence-electron chi connectivity index (χ0n) is 10.0. The molecule has 0 aliphatic rings. The summed E-state index contributed by atoms with van der Waals surface area (Å²) in [4.78, 5) is 23.0. The van der Waals surface area contributed by atoms with E-state index in [1.165, 1.54) is 0 Å². The van der Waals surface area contributed by atoms with Crippen molar-refractivity contribution in [2.24, 2.45) is 0 Å². The molecular formula is C8H9F3N2O5S2. The van der Waals surface area contributed by atoms with Crippen LogP contribution in [-0.2, 0) is 14.8 Å². The number of halogens is 3. The Hall–Kier alpha value is -1.40. The summed E-state index contributed by atoms with van der Waals surface area (Å²) in [6.07, 6.45) is -5.36. The summed E-state index contributed by atoms with van der Waals surface area (Å²) in [7, 11) is -4.82. The first-order valence-electron chi connectivity index (χ1n) is 4.85. The number of alkyl halides is 3. The Labute approximate surface area is 114 Å². The molecule has 1 aromatic heterocycles. The van der Waals surface area contributed by atoms with Gasteiger partial charge in [0.15, 0.2) is 4.21 Å². The lowest BCUT2D eigenvalue weighted by atomic mass is 10.0. The van der Waals surface area contributed by atoms with Crippen molar-refractivity contribution in [2.75, 3.05) is 0 Å². The number of aryl methyl sites for hydroxylation is 1. The molecule has 12 heteroatoms. The summed E-state index contributed by atoms with van der Waals surface area (Å²) >= 11 is 0.162. The summed E-state index contributed by atoms with van der Waals surface area (Å²) in [5.74, 6) is -2.41. The topological polar surface area (TPSA) is 116 Å². The number of aliphatic carboxylic acids is 1. The smallest absolute Gasteiger partial charge is 0.418 e. The minimum absolute atomic E-state index is 0.162. The Kier molecular flexibility index (Phi) is 4.04. The fourth-order valence-corrected chi connectivity index (χ4v) is 3.84. The monoisotopic (exact) mass is 334 g/mol. The molecule has 0 amide bonds. The number of rotatable bonds is 4. The molecule has 0 saturated carbocycles. The highest BCUT2D eigenvalue weighted by molar-refractivity contribution is 7.91. The Balaban J connectivity index is 3.35. The first-order valence-corrected chi connectivity index (χ1v) is 7.15. The third-order valence-electron chi connectivity index (χ3n) is 2.36. The fraction of sp³-hybridized carbons (Fsp3) is 0.500. The van der Waals surface area contributed by atoms with Gasteiger partial charge in [0.25, 0.3) is 10.0 Å². The minimum atomic E-state index is -5.36. The Morgan fingerprint density at radius 3 is 2.20 bits per heavy atom. The molecule has 1 heterocycles. The number of thiazole rings is 1. The molecule has 1 unspecified atom stereocenters. The standard InChI is InChI=1S/C8H9F3N2O5S2/c1-3-4(19-6(16)12-3)20(17,18)13-7(2,5(14)15)8(9,10)11/h13H,1-2H3,(H,12,16)(H,14,15). The molecule has 0 fully saturated rings. The van der Waals surface area contributed by atoms with Crippen LogP contribution in [0.15, 0.2) is 9.00 Å². The van der Waals surface area contributed by atoms with E-state index in [1.807, 2.05) is 0 Å². The van der Waals surface area contributed by atoms with Crippen LogP contribution >= 0.6 is 11.3 Å². The molecule has 0 aliphatic heterocycles. The van der Waals surface area contributed by atoms with Crippen LogP contribution in [0.2, 0.25) is 0 Å². The molecule has 0 aromatic carbocycles. The van der Waals surface area contributed by atoms with Crippen molar-refractivity contribution < 1.29 is 31.5 Å². The van der Waals surface area contributed by atoms with Gasteiger partial charge in [-0.3, -0.25) is 4.79 Å². The van der Waals surface area contributed by atoms with Crippen molar-refractivity contribution in [3.8, 4) is 0 Å². The van der Waals surface area contributed by atoms with Gasteiger partial charge in [0.2, 0.25) is 5.54 Å². The number of carboxylic acids is 1. The Morgan fingerprint density at radius 1 is 1.40 bits per heavy atom. The normalized spacial score (nSPS) is 15.8. The van der Waals surface area contributed by atoms with Crippen molar-refractivity contribution in [3.05, 3.63) is 15.4 Å². The highest BCUT2D eigenvalue weighted by Gasteiger charge is 2.59. The summed E-state index contributed by atoms with van der Waals surface area (Å²) in [5.41, 5.74) is -3.88. The molecule has 1 atom stereocenters. The second-order valence-corrected chi connectivity index (χ2v) is 6.82. The second-order valence-electron chi connectivity index (χ2n) is 3.96. The van der Waals surface area contributed by atoms with Crippen LogP contribution in [0.5, 0.6) is 0 Å². The van der Waals surface area contributed by atoms with Crippen LogP contribution in [0.25, 0.3) is 0 Å². The number of hydrogen-bond acceptors (Lipinski definition) is 5. The number of nitrogens with one attached hydrogen (secondary N) is 2. The molecule has 0 bridgehead atoms. The Morgan fingerprint density at radius 2 is 1.90 bits per heavy atom. The van der Waals surface area contributed by atoms with Gasteiger partial charge in [-0.15, -0.1) is 0 Å². The first kappa shape index (κ1) is 16.7. The maximum atomic E-state index is 12.7. The highest BCUT2D eigenvalue weighted by Crippen LogP contribution is 2.32. The van der Waals surface area contributed by atoms with E-state index >= 15 is 0 Å². The third kappa shape index (κ3) is 2.86. The van der Waals surface area contributed by atoms with Crippen molar-refractivity contribution in [1.29, 1.82) is 0 Å². The minimum Gasteiger partial charge on any atom is -0.480 e. The first-order chi connectivity index (χ1) is 8.81. The van der Waals surface area contributed by atoms with Gasteiger partial charge in [0, 0.05) is 5.69 Å². The van der Waals surface area contributed by atoms with Gasteiger partial charge >= 0.3 is 17.0 Å². The molecule has 0 radical (unpaired) electrons. The van der Waals surface area contributed by atoms with Crippen LogP contribution < -0.4 is 9.60 Å². The largest absolute Gasteiger partial charge is 0.480 e. The number of aromatic nitrogens is 1. The molecule has 1 aromatic rings. The molecule has 114 valence electrons. The molecule has 0 spiro atoms. The lowest BCUT2D eigenvalue weighted by Gasteiger charge is -2.27. The van der Waals surface area contributed by atoms with Crippen LogP contribution in [0.3, 0.4) is 0 Å². The van der Waals surface area contributed by atoms with Gasteiger partial charge in [-0.1, -0.05) is 11.3 Å². The zero-order valence-corrected chi connectivity index (χ0v) is 11.7. The molecule has 3 N–H and O–H groups in total. The quantitative estimate of drug-likeness (QED) is 0.738. The number of aromatic amines is 1. The predicted molar refractivity (Wildman–Crippen MR) is 62.1 cm³/mol. The van der Waals surface area contributed by atoms with Crippen molar-refractivity contribution in [2.45, 2.75) is 29.8 Å². The number of carboxylic acid groups (broad SMARTS) is 1. The molecule has 20 heavy (non-hydrogen) atoms. The van der Waals surface area contributed by atoms with E-state index in [4.69, 9.17) is 5.11 Å². The summed E-state index contributed by atoms with van der Waals surface area (Å²) in [5, 5.41) is 8.64. The average molecular weight is 334 g/mol. The van der Waals surface area contributed by atoms with Crippen LogP contribution in [0, 0.1) is 6.92 Å². The second kappa shape index (κ2) is 4.86. The molecule has 0 saturated heterocycles. The van der Waals surface area contributed by atoms with E-state index in [2.05, 4.69) is 4.98 Å². The van der Waals surface area contributed by atoms with Crippen LogP contribution in [0.4, 0.5) is 13.2 Å². The maximum Gasteiger partial charge on any atom is 0.418 e. The van der Waals surface area contributed by atoms with Gasteiger partial charge in [-0.25, -0.2) is 13.2 Å². The molecular weight excluding hydrogens is 325 g/mol. The zero-order chi connectivity index (χ0) is 15.9. The van der Waals surface area contributed by atoms with Crippen LogP contribution in [0.1, 0.15) is 12.6 Å².